The number of ketones is 1. The van der Waals surface area contributed by atoms with Gasteiger partial charge >= 0.3 is 0 Å². The van der Waals surface area contributed by atoms with Gasteiger partial charge < -0.3 is 16.0 Å². The Morgan fingerprint density at radius 1 is 1.08 bits per heavy atom. The summed E-state index contributed by atoms with van der Waals surface area (Å²) in [6, 6.07) is 5.69. The fourth-order valence-corrected chi connectivity index (χ4v) is 7.17. The molecule has 0 saturated heterocycles. The minimum Gasteiger partial charge on any atom is -0.352 e. The normalized spacial score (nSPS) is 20.3. The van der Waals surface area contributed by atoms with Gasteiger partial charge in [-0.15, -0.1) is 11.3 Å². The average Bonchev–Trinajstić information content (AvgIpc) is 3.78. The van der Waals surface area contributed by atoms with Crippen LogP contribution in [0.2, 0.25) is 0 Å². The first kappa shape index (κ1) is 23.8. The molecule has 0 bridgehead atoms. The molecule has 1 aromatic carbocycles. The molecule has 1 atom stereocenters. The van der Waals surface area contributed by atoms with Gasteiger partial charge in [-0.25, -0.2) is 0 Å². The van der Waals surface area contributed by atoms with Gasteiger partial charge in [0.15, 0.2) is 0 Å². The quantitative estimate of drug-likeness (QED) is 0.420. The maximum absolute atomic E-state index is 13.3. The highest BCUT2D eigenvalue weighted by Gasteiger charge is 2.34. The molecule has 6 rings (SSSR count). The lowest BCUT2D eigenvalue weighted by Gasteiger charge is -2.24. The fourth-order valence-electron chi connectivity index (χ4n) is 5.46. The zero-order chi connectivity index (χ0) is 24.8. The van der Waals surface area contributed by atoms with E-state index in [0.29, 0.717) is 30.4 Å². The van der Waals surface area contributed by atoms with Crippen molar-refractivity contribution in [2.75, 3.05) is 11.9 Å². The zero-order valence-corrected chi connectivity index (χ0v) is 21.9. The Morgan fingerprint density at radius 2 is 1.92 bits per heavy atom. The van der Waals surface area contributed by atoms with E-state index in [-0.39, 0.29) is 23.5 Å². The molecule has 1 aliphatic heterocycles. The topological polar surface area (TPSA) is 87.3 Å². The molecule has 0 spiro atoms. The number of hydrogen-bond donors (Lipinski definition) is 3. The smallest absolute Gasteiger partial charge is 0.252 e. The van der Waals surface area contributed by atoms with Crippen molar-refractivity contribution in [3.8, 4) is 0 Å². The highest BCUT2D eigenvalue weighted by molar-refractivity contribution is 7.80. The Morgan fingerprint density at radius 3 is 2.69 bits per heavy atom. The molecule has 188 valence electrons. The molecule has 36 heavy (non-hydrogen) atoms. The molecule has 2 aromatic rings. The number of nitrogens with one attached hydrogen (secondary N) is 3. The van der Waals surface area contributed by atoms with Gasteiger partial charge in [-0.2, -0.15) is 0 Å². The van der Waals surface area contributed by atoms with Crippen LogP contribution in [-0.2, 0) is 30.6 Å². The van der Waals surface area contributed by atoms with Gasteiger partial charge in [0.1, 0.15) is 5.78 Å². The standard InChI is InChI=1S/C28H31N3O3S2/c32-22(17-7-8-17)12-24-26(28(34)29-13-15-4-5-15)19-10-16(6-9-23(19)36-24)11-25(35)31-21-3-1-2-18-20(21)14-30-27(18)33/h1-3,15-17H,4-14H2,(H,29,34)(H,30,33)(H,31,35)/t16-/m0/s1. The van der Waals surface area contributed by atoms with Crippen LogP contribution in [-0.4, -0.2) is 29.1 Å². The van der Waals surface area contributed by atoms with Crippen LogP contribution in [0.3, 0.4) is 0 Å². The minimum atomic E-state index is -0.0414. The molecular weight excluding hydrogens is 490 g/mol. The molecule has 1 aromatic heterocycles. The Hall–Kier alpha value is -2.58. The van der Waals surface area contributed by atoms with Gasteiger partial charge in [0.2, 0.25) is 0 Å². The second-order valence-electron chi connectivity index (χ2n) is 10.7. The summed E-state index contributed by atoms with van der Waals surface area (Å²) in [5.41, 5.74) is 4.48. The van der Waals surface area contributed by atoms with Crippen molar-refractivity contribution in [1.82, 2.24) is 10.6 Å². The number of Topliss-reactive ketones (excluding diaryl/α,β-unsaturated/α-hetero) is 1. The summed E-state index contributed by atoms with van der Waals surface area (Å²) >= 11 is 7.42. The van der Waals surface area contributed by atoms with Crippen LogP contribution in [0.25, 0.3) is 0 Å². The van der Waals surface area contributed by atoms with Crippen molar-refractivity contribution in [3.63, 3.8) is 0 Å². The van der Waals surface area contributed by atoms with E-state index in [4.69, 9.17) is 12.2 Å². The number of fused-ring (bicyclic) bond motifs is 2. The van der Waals surface area contributed by atoms with Crippen LogP contribution >= 0.6 is 23.6 Å². The first-order chi connectivity index (χ1) is 17.5. The Bertz CT molecular complexity index is 1260. The Balaban J connectivity index is 1.17. The summed E-state index contributed by atoms with van der Waals surface area (Å²) in [7, 11) is 0. The number of thiocarbonyl (C=S) groups is 1. The molecule has 3 aliphatic carbocycles. The number of rotatable bonds is 9. The molecule has 2 saturated carbocycles. The third kappa shape index (κ3) is 4.98. The van der Waals surface area contributed by atoms with Crippen LogP contribution in [0.5, 0.6) is 0 Å². The van der Waals surface area contributed by atoms with Crippen molar-refractivity contribution in [2.45, 2.75) is 64.3 Å². The van der Waals surface area contributed by atoms with Crippen molar-refractivity contribution >= 4 is 51.8 Å². The van der Waals surface area contributed by atoms with Crippen molar-refractivity contribution in [3.05, 3.63) is 50.2 Å². The summed E-state index contributed by atoms with van der Waals surface area (Å²) in [5, 5.41) is 9.41. The maximum Gasteiger partial charge on any atom is 0.252 e. The van der Waals surface area contributed by atoms with E-state index >= 15 is 0 Å². The van der Waals surface area contributed by atoms with E-state index in [1.165, 1.54) is 17.7 Å². The van der Waals surface area contributed by atoms with Crippen LogP contribution < -0.4 is 16.0 Å². The van der Waals surface area contributed by atoms with E-state index in [2.05, 4.69) is 16.0 Å². The molecule has 2 amide bonds. The number of amides is 2. The van der Waals surface area contributed by atoms with E-state index in [9.17, 15) is 14.4 Å². The lowest BCUT2D eigenvalue weighted by atomic mass is 9.83. The number of hydrogen-bond acceptors (Lipinski definition) is 5. The second-order valence-corrected chi connectivity index (χ2v) is 12.4. The predicted molar refractivity (Wildman–Crippen MR) is 145 cm³/mol. The van der Waals surface area contributed by atoms with E-state index < -0.39 is 0 Å². The summed E-state index contributed by atoms with van der Waals surface area (Å²) in [6.07, 6.45) is 8.24. The monoisotopic (exact) mass is 521 g/mol. The maximum atomic E-state index is 13.3. The Kier molecular flexibility index (Phi) is 6.42. The first-order valence-electron chi connectivity index (χ1n) is 13.1. The van der Waals surface area contributed by atoms with E-state index in [0.717, 1.165) is 77.3 Å². The molecule has 0 radical (unpaired) electrons. The lowest BCUT2D eigenvalue weighted by molar-refractivity contribution is -0.119. The van der Waals surface area contributed by atoms with E-state index in [1.54, 1.807) is 11.3 Å². The number of aryl methyl sites for hydroxylation is 1. The largest absolute Gasteiger partial charge is 0.352 e. The number of carbonyl (C=O) groups excluding carboxylic acids is 3. The first-order valence-corrected chi connectivity index (χ1v) is 14.3. The molecule has 6 nitrogen and oxygen atoms in total. The van der Waals surface area contributed by atoms with E-state index in [1.807, 2.05) is 18.2 Å². The Labute approximate surface area is 220 Å². The van der Waals surface area contributed by atoms with Crippen molar-refractivity contribution in [2.24, 2.45) is 17.8 Å². The molecule has 2 fully saturated rings. The number of carbonyl (C=O) groups is 3. The van der Waals surface area contributed by atoms with Gasteiger partial charge in [0.25, 0.3) is 11.8 Å². The SMILES string of the molecule is O=C1NCc2c(NC(=S)C[C@H]3CCc4sc(CC(=O)C5CC5)c(C(=O)NCC5CC5)c4C3)cccc21. The van der Waals surface area contributed by atoms with Gasteiger partial charge in [0.05, 0.1) is 10.6 Å². The number of thiophene rings is 1. The second kappa shape index (κ2) is 9.71. The fraction of sp³-hybridized carbons (Fsp3) is 0.500. The summed E-state index contributed by atoms with van der Waals surface area (Å²) in [5.74, 6) is 1.39. The van der Waals surface area contributed by atoms with Crippen LogP contribution in [0.15, 0.2) is 18.2 Å². The lowest BCUT2D eigenvalue weighted by Crippen LogP contribution is -2.28. The van der Waals surface area contributed by atoms with Gasteiger partial charge in [-0.05, 0) is 74.5 Å². The molecular formula is C28H31N3O3S2. The molecule has 8 heteroatoms. The number of anilines is 1. The highest BCUT2D eigenvalue weighted by Crippen LogP contribution is 2.40. The third-order valence-electron chi connectivity index (χ3n) is 7.87. The summed E-state index contributed by atoms with van der Waals surface area (Å²) < 4.78 is 0. The summed E-state index contributed by atoms with van der Waals surface area (Å²) in [4.78, 5) is 40.9. The average molecular weight is 522 g/mol. The molecule has 2 heterocycles. The zero-order valence-electron chi connectivity index (χ0n) is 20.3. The molecule has 0 unspecified atom stereocenters. The highest BCUT2D eigenvalue weighted by atomic mass is 32.1. The van der Waals surface area contributed by atoms with Crippen LogP contribution in [0.4, 0.5) is 5.69 Å². The van der Waals surface area contributed by atoms with Crippen molar-refractivity contribution in [1.29, 1.82) is 0 Å². The van der Waals surface area contributed by atoms with Crippen LogP contribution in [0.1, 0.15) is 80.1 Å². The van der Waals surface area contributed by atoms with Crippen molar-refractivity contribution < 1.29 is 14.4 Å². The molecule has 3 N–H and O–H groups in total. The predicted octanol–water partition coefficient (Wildman–Crippen LogP) is 4.59. The van der Waals surface area contributed by atoms with Gasteiger partial charge in [-0.1, -0.05) is 18.3 Å². The van der Waals surface area contributed by atoms with Gasteiger partial charge in [0, 0.05) is 58.4 Å². The third-order valence-corrected chi connectivity index (χ3v) is 9.43. The number of benzene rings is 1. The van der Waals surface area contributed by atoms with Crippen LogP contribution in [0, 0.1) is 17.8 Å². The van der Waals surface area contributed by atoms with Gasteiger partial charge in [-0.3, -0.25) is 14.4 Å². The minimum absolute atomic E-state index is 0.00337. The molecule has 4 aliphatic rings. The summed E-state index contributed by atoms with van der Waals surface area (Å²) in [6.45, 7) is 1.25.